The molecule has 0 aliphatic heterocycles. The summed E-state index contributed by atoms with van der Waals surface area (Å²) in [5, 5.41) is 3.15. The normalized spacial score (nSPS) is 11.0. The largest absolute Gasteiger partial charge is 0.494 e. The molecule has 0 saturated carbocycles. The third-order valence-corrected chi connectivity index (χ3v) is 6.46. The number of carbonyl (C=O) groups is 1. The number of hydrogen-bond donors (Lipinski definition) is 1. The highest BCUT2D eigenvalue weighted by Gasteiger charge is 2.27. The molecule has 3 aromatic rings. The summed E-state index contributed by atoms with van der Waals surface area (Å²) in [6, 6.07) is 21.7. The topological polar surface area (TPSA) is 75.7 Å². The molecule has 1 amide bonds. The first kappa shape index (κ1) is 22.7. The Labute approximate surface area is 187 Å². The Bertz CT molecular complexity index is 1120. The number of rotatable bonds is 9. The van der Waals surface area contributed by atoms with Gasteiger partial charge < -0.3 is 10.1 Å². The van der Waals surface area contributed by atoms with Crippen LogP contribution in [0.15, 0.2) is 83.8 Å². The molecule has 0 radical (unpaired) electrons. The minimum absolute atomic E-state index is 0.0919. The van der Waals surface area contributed by atoms with Crippen LogP contribution < -0.4 is 14.4 Å². The Morgan fingerprint density at radius 1 is 1.00 bits per heavy atom. The Morgan fingerprint density at radius 2 is 1.71 bits per heavy atom. The van der Waals surface area contributed by atoms with Crippen molar-refractivity contribution in [3.63, 3.8) is 0 Å². The van der Waals surface area contributed by atoms with Gasteiger partial charge in [0.15, 0.2) is 0 Å². The molecule has 0 unspecified atom stereocenters. The third-order valence-electron chi connectivity index (χ3n) is 4.44. The predicted molar refractivity (Wildman–Crippen MR) is 122 cm³/mol. The lowest BCUT2D eigenvalue weighted by molar-refractivity contribution is -0.119. The van der Waals surface area contributed by atoms with E-state index < -0.39 is 15.9 Å². The summed E-state index contributed by atoms with van der Waals surface area (Å²) in [6.07, 6.45) is 0. The molecular weight excluding hydrogens is 436 g/mol. The highest BCUT2D eigenvalue weighted by Crippen LogP contribution is 2.26. The van der Waals surface area contributed by atoms with E-state index in [9.17, 15) is 13.2 Å². The maximum absolute atomic E-state index is 13.2. The summed E-state index contributed by atoms with van der Waals surface area (Å²) in [6.45, 7) is 2.36. The van der Waals surface area contributed by atoms with Crippen molar-refractivity contribution in [2.24, 2.45) is 0 Å². The number of ether oxygens (including phenoxy) is 1. The third kappa shape index (κ3) is 5.99. The van der Waals surface area contributed by atoms with Crippen LogP contribution in [0.25, 0.3) is 0 Å². The van der Waals surface area contributed by atoms with Crippen LogP contribution in [0.2, 0.25) is 5.02 Å². The molecule has 31 heavy (non-hydrogen) atoms. The van der Waals surface area contributed by atoms with Gasteiger partial charge in [0.1, 0.15) is 12.3 Å². The maximum atomic E-state index is 13.2. The van der Waals surface area contributed by atoms with Crippen molar-refractivity contribution in [1.29, 1.82) is 0 Å². The molecule has 0 fully saturated rings. The number of anilines is 1. The van der Waals surface area contributed by atoms with Crippen LogP contribution in [-0.2, 0) is 21.4 Å². The molecule has 0 aliphatic carbocycles. The van der Waals surface area contributed by atoms with Crippen LogP contribution in [0.5, 0.6) is 5.75 Å². The zero-order chi connectivity index (χ0) is 22.3. The number of benzene rings is 3. The summed E-state index contributed by atoms with van der Waals surface area (Å²) < 4.78 is 32.9. The van der Waals surface area contributed by atoms with Gasteiger partial charge in [-0.25, -0.2) is 8.42 Å². The monoisotopic (exact) mass is 458 g/mol. The van der Waals surface area contributed by atoms with Gasteiger partial charge in [0.25, 0.3) is 10.0 Å². The minimum Gasteiger partial charge on any atom is -0.494 e. The first-order valence-corrected chi connectivity index (χ1v) is 11.5. The van der Waals surface area contributed by atoms with Crippen LogP contribution in [0.1, 0.15) is 12.5 Å². The van der Waals surface area contributed by atoms with E-state index in [1.807, 2.05) is 31.2 Å². The number of carbonyl (C=O) groups excluding carboxylic acids is 1. The SMILES string of the molecule is CCOc1ccc(CNC(=O)CN(c2cccc(Cl)c2)S(=O)(=O)c2ccccc2)cc1. The van der Waals surface area contributed by atoms with Gasteiger partial charge >= 0.3 is 0 Å². The smallest absolute Gasteiger partial charge is 0.264 e. The first-order valence-electron chi connectivity index (χ1n) is 9.72. The average molecular weight is 459 g/mol. The molecule has 0 aliphatic rings. The fraction of sp³-hybridized carbons (Fsp3) is 0.174. The molecule has 6 nitrogen and oxygen atoms in total. The van der Waals surface area contributed by atoms with Gasteiger partial charge in [-0.1, -0.05) is 48.0 Å². The van der Waals surface area contributed by atoms with E-state index in [2.05, 4.69) is 5.32 Å². The maximum Gasteiger partial charge on any atom is 0.264 e. The number of hydrogen-bond acceptors (Lipinski definition) is 4. The van der Waals surface area contributed by atoms with Crippen molar-refractivity contribution in [2.75, 3.05) is 17.5 Å². The zero-order valence-corrected chi connectivity index (χ0v) is 18.6. The van der Waals surface area contributed by atoms with E-state index in [1.54, 1.807) is 36.4 Å². The van der Waals surface area contributed by atoms with Crippen molar-refractivity contribution in [2.45, 2.75) is 18.4 Å². The second-order valence-corrected chi connectivity index (χ2v) is 8.96. The zero-order valence-electron chi connectivity index (χ0n) is 17.0. The molecule has 0 spiro atoms. The van der Waals surface area contributed by atoms with Gasteiger partial charge in [-0.2, -0.15) is 0 Å². The molecule has 1 N–H and O–H groups in total. The average Bonchev–Trinajstić information content (AvgIpc) is 2.77. The molecule has 3 rings (SSSR count). The second kappa shape index (κ2) is 10.3. The Hall–Kier alpha value is -3.03. The molecule has 162 valence electrons. The summed E-state index contributed by atoms with van der Waals surface area (Å²) >= 11 is 6.07. The summed E-state index contributed by atoms with van der Waals surface area (Å²) in [5.41, 5.74) is 1.18. The molecule has 0 saturated heterocycles. The van der Waals surface area contributed by atoms with Gasteiger partial charge in [0.2, 0.25) is 5.91 Å². The van der Waals surface area contributed by atoms with E-state index in [1.165, 1.54) is 18.2 Å². The highest BCUT2D eigenvalue weighted by atomic mass is 35.5. The van der Waals surface area contributed by atoms with Gasteiger partial charge in [-0.15, -0.1) is 0 Å². The molecule has 8 heteroatoms. The van der Waals surface area contributed by atoms with Gasteiger partial charge in [0, 0.05) is 11.6 Å². The van der Waals surface area contributed by atoms with Gasteiger partial charge in [-0.3, -0.25) is 9.10 Å². The number of halogens is 1. The van der Waals surface area contributed by atoms with Crippen molar-refractivity contribution in [1.82, 2.24) is 5.32 Å². The molecule has 0 heterocycles. The minimum atomic E-state index is -3.96. The van der Waals surface area contributed by atoms with Crippen LogP contribution in [-0.4, -0.2) is 27.5 Å². The number of sulfonamides is 1. The van der Waals surface area contributed by atoms with Crippen molar-refractivity contribution >= 4 is 33.2 Å². The van der Waals surface area contributed by atoms with E-state index in [0.29, 0.717) is 17.3 Å². The first-order chi connectivity index (χ1) is 14.9. The summed E-state index contributed by atoms with van der Waals surface area (Å²) in [4.78, 5) is 12.7. The van der Waals surface area contributed by atoms with Crippen LogP contribution >= 0.6 is 11.6 Å². The lowest BCUT2D eigenvalue weighted by Gasteiger charge is -2.24. The summed E-state index contributed by atoms with van der Waals surface area (Å²) in [7, 11) is -3.96. The van der Waals surface area contributed by atoms with E-state index in [-0.39, 0.29) is 18.0 Å². The molecule has 3 aromatic carbocycles. The fourth-order valence-corrected chi connectivity index (χ4v) is 4.54. The van der Waals surface area contributed by atoms with Crippen molar-refractivity contribution in [3.05, 3.63) is 89.4 Å². The van der Waals surface area contributed by atoms with Crippen molar-refractivity contribution in [3.8, 4) is 5.75 Å². The molecule has 0 bridgehead atoms. The molecule has 0 aromatic heterocycles. The van der Waals surface area contributed by atoms with Crippen LogP contribution in [0.3, 0.4) is 0 Å². The van der Waals surface area contributed by atoms with E-state index in [0.717, 1.165) is 15.6 Å². The van der Waals surface area contributed by atoms with Crippen molar-refractivity contribution < 1.29 is 17.9 Å². The predicted octanol–water partition coefficient (Wildman–Crippen LogP) is 4.25. The number of amides is 1. The number of nitrogens with one attached hydrogen (secondary N) is 1. The second-order valence-electron chi connectivity index (χ2n) is 6.66. The highest BCUT2D eigenvalue weighted by molar-refractivity contribution is 7.92. The number of nitrogens with zero attached hydrogens (tertiary/aromatic N) is 1. The lowest BCUT2D eigenvalue weighted by atomic mass is 10.2. The fourth-order valence-electron chi connectivity index (χ4n) is 2.92. The molecular formula is C23H23ClN2O4S. The van der Waals surface area contributed by atoms with E-state index in [4.69, 9.17) is 16.3 Å². The van der Waals surface area contributed by atoms with Gasteiger partial charge in [0.05, 0.1) is 17.2 Å². The van der Waals surface area contributed by atoms with Crippen LogP contribution in [0, 0.1) is 0 Å². The lowest BCUT2D eigenvalue weighted by Crippen LogP contribution is -2.40. The van der Waals surface area contributed by atoms with E-state index >= 15 is 0 Å². The van der Waals surface area contributed by atoms with Gasteiger partial charge in [-0.05, 0) is 55.0 Å². The quantitative estimate of drug-likeness (QED) is 0.520. The van der Waals surface area contributed by atoms with Crippen LogP contribution in [0.4, 0.5) is 5.69 Å². The Balaban J connectivity index is 1.77. The Morgan fingerprint density at radius 3 is 2.35 bits per heavy atom. The standard InChI is InChI=1S/C23H23ClN2O4S/c1-2-30-21-13-11-18(12-14-21)16-25-23(27)17-26(20-8-6-7-19(24)15-20)31(28,29)22-9-4-3-5-10-22/h3-15H,2,16-17H2,1H3,(H,25,27). The summed E-state index contributed by atoms with van der Waals surface area (Å²) in [5.74, 6) is 0.312. The Kier molecular flexibility index (Phi) is 7.55. The molecule has 0 atom stereocenters.